The largest absolute Gasteiger partial charge is 0.350 e. The van der Waals surface area contributed by atoms with Gasteiger partial charge in [0.1, 0.15) is 0 Å². The average Bonchev–Trinajstić information content (AvgIpc) is 3.15. The van der Waals surface area contributed by atoms with Gasteiger partial charge in [-0.05, 0) is 132 Å². The van der Waals surface area contributed by atoms with Crippen LogP contribution in [0.4, 0.5) is 0 Å². The lowest BCUT2D eigenvalue weighted by Crippen LogP contribution is -2.53. The third-order valence-corrected chi connectivity index (χ3v) is 7.51. The number of nitrogens with one attached hydrogen (secondary N) is 1. The van der Waals surface area contributed by atoms with E-state index in [1.807, 2.05) is 24.3 Å². The molecule has 0 saturated carbocycles. The van der Waals surface area contributed by atoms with E-state index in [0.29, 0.717) is 12.8 Å². The molecule has 0 bridgehead atoms. The monoisotopic (exact) mass is 720 g/mol. The minimum atomic E-state index is -0.628. The summed E-state index contributed by atoms with van der Waals surface area (Å²) in [6.45, 7) is 24.3. The minimum Gasteiger partial charge on any atom is -0.350 e. The van der Waals surface area contributed by atoms with Crippen molar-refractivity contribution in [2.45, 2.75) is 77.9 Å². The molecule has 0 aromatic rings. The Kier molecular flexibility index (Phi) is 23.9. The summed E-state index contributed by atoms with van der Waals surface area (Å²) in [6, 6.07) is -0.925. The first-order valence-electron chi connectivity index (χ1n) is 17.4. The zero-order chi connectivity index (χ0) is 40.6. The summed E-state index contributed by atoms with van der Waals surface area (Å²) < 4.78 is 12.7. The van der Waals surface area contributed by atoms with Crippen molar-refractivity contribution in [3.8, 4) is 142 Å². The maximum Gasteiger partial charge on any atom is 0.297 e. The standard InChI is InChI=1S/C50H44N2O3/c1-9-14-15-16-17-18-19-20-21-22-23-24-25-26-27-28-29-30-31-32-33-34-35-39-48(53)52-46(45(51)38-36-40-50(6,7)8)41-54-49-44(13-5)42(11-3)43(12-4)47(55-49)37-10-2/h10-13,42-47,49H,2-5,36-38,40-41,51H2,1,6-8H3,(H,52,53)/t42?,43-,44-,45-,46+,47?,49-/m1/s1. The smallest absolute Gasteiger partial charge is 0.297 e. The van der Waals surface area contributed by atoms with Crippen molar-refractivity contribution < 1.29 is 14.3 Å². The Labute approximate surface area is 330 Å². The van der Waals surface area contributed by atoms with Gasteiger partial charge >= 0.3 is 0 Å². The maximum atomic E-state index is 12.8. The lowest BCUT2D eigenvalue weighted by atomic mass is 9.75. The van der Waals surface area contributed by atoms with E-state index in [1.165, 1.54) is 0 Å². The average molecular weight is 721 g/mol. The molecule has 1 rings (SSSR count). The fourth-order valence-electron chi connectivity index (χ4n) is 4.98. The fraction of sp³-hybridized carbons (Fsp3) is 0.340. The van der Waals surface area contributed by atoms with E-state index in [0.717, 1.165) is 12.8 Å². The number of amides is 1. The fourth-order valence-corrected chi connectivity index (χ4v) is 4.98. The molecule has 1 aliphatic rings. The Morgan fingerprint density at radius 2 is 1.15 bits per heavy atom. The topological polar surface area (TPSA) is 73.6 Å². The van der Waals surface area contributed by atoms with Gasteiger partial charge in [-0.3, -0.25) is 4.79 Å². The van der Waals surface area contributed by atoms with E-state index in [9.17, 15) is 4.79 Å². The van der Waals surface area contributed by atoms with Gasteiger partial charge in [0.25, 0.3) is 5.91 Å². The van der Waals surface area contributed by atoms with Gasteiger partial charge in [-0.1, -0.05) is 57.4 Å². The summed E-state index contributed by atoms with van der Waals surface area (Å²) in [5.41, 5.74) is 6.78. The highest BCUT2D eigenvalue weighted by Crippen LogP contribution is 2.39. The maximum absolute atomic E-state index is 12.8. The summed E-state index contributed by atoms with van der Waals surface area (Å²) in [6.07, 6.45) is 9.74. The zero-order valence-electron chi connectivity index (χ0n) is 32.0. The van der Waals surface area contributed by atoms with Crippen LogP contribution in [0.25, 0.3) is 0 Å². The summed E-state index contributed by atoms with van der Waals surface area (Å²) in [5.74, 6) is 60.0. The van der Waals surface area contributed by atoms with Gasteiger partial charge < -0.3 is 20.5 Å². The number of nitrogens with two attached hydrogens (primary N) is 1. The second-order valence-electron chi connectivity index (χ2n) is 12.7. The summed E-state index contributed by atoms with van der Waals surface area (Å²) in [4.78, 5) is 12.8. The molecule has 1 fully saturated rings. The Morgan fingerprint density at radius 3 is 1.55 bits per heavy atom. The molecule has 272 valence electrons. The van der Waals surface area contributed by atoms with Crippen LogP contribution in [0, 0.1) is 165 Å². The summed E-state index contributed by atoms with van der Waals surface area (Å²) in [7, 11) is 0. The first-order chi connectivity index (χ1) is 26.6. The van der Waals surface area contributed by atoms with Crippen molar-refractivity contribution in [3.63, 3.8) is 0 Å². The molecular formula is C50H44N2O3. The van der Waals surface area contributed by atoms with Gasteiger partial charge in [-0.25, -0.2) is 0 Å². The number of carbonyl (C=O) groups is 1. The van der Waals surface area contributed by atoms with Gasteiger partial charge in [0.2, 0.25) is 0 Å². The van der Waals surface area contributed by atoms with Gasteiger partial charge in [-0.2, -0.15) is 0 Å². The Balaban J connectivity index is 2.87. The summed E-state index contributed by atoms with van der Waals surface area (Å²) >= 11 is 0. The van der Waals surface area contributed by atoms with Gasteiger partial charge in [0.15, 0.2) is 6.29 Å². The number of hydrogen-bond donors (Lipinski definition) is 2. The number of rotatable bonds is 13. The van der Waals surface area contributed by atoms with Crippen LogP contribution in [0.2, 0.25) is 0 Å². The van der Waals surface area contributed by atoms with E-state index in [1.54, 1.807) is 6.92 Å². The molecule has 1 heterocycles. The van der Waals surface area contributed by atoms with Crippen LogP contribution in [0.15, 0.2) is 50.6 Å². The Hall–Kier alpha value is -6.97. The van der Waals surface area contributed by atoms with E-state index < -0.39 is 18.2 Å². The van der Waals surface area contributed by atoms with Crippen molar-refractivity contribution in [3.05, 3.63) is 50.6 Å². The Morgan fingerprint density at radius 1 is 0.709 bits per heavy atom. The number of hydrogen-bond acceptors (Lipinski definition) is 4. The molecule has 0 radical (unpaired) electrons. The lowest BCUT2D eigenvalue weighted by Gasteiger charge is -2.44. The number of allylic oxidation sites excluding steroid dienone is 1. The van der Waals surface area contributed by atoms with Gasteiger partial charge in [-0.15, -0.1) is 26.3 Å². The molecule has 7 atom stereocenters. The SMILES string of the molecule is C=CCC1O[C@@H](OC[C@H](NC(=O)C#CC#CC#CC#CC#CC#CC#CC#CC#CC#CC#CC#CC)[C@H](N)CCCC(C)(C)C)[C@H](C=C)C(C=C)[C@H]1C=C. The van der Waals surface area contributed by atoms with E-state index >= 15 is 0 Å². The molecule has 0 aliphatic carbocycles. The second-order valence-corrected chi connectivity index (χ2v) is 12.7. The van der Waals surface area contributed by atoms with Crippen molar-refractivity contribution in [1.82, 2.24) is 5.32 Å². The quantitative estimate of drug-likeness (QED) is 0.212. The molecular weight excluding hydrogens is 677 g/mol. The third kappa shape index (κ3) is 21.2. The molecule has 5 heteroatoms. The predicted molar refractivity (Wildman–Crippen MR) is 223 cm³/mol. The molecule has 5 nitrogen and oxygen atoms in total. The van der Waals surface area contributed by atoms with Crippen molar-refractivity contribution in [2.24, 2.45) is 28.9 Å². The van der Waals surface area contributed by atoms with Gasteiger partial charge in [0.05, 0.1) is 18.8 Å². The molecule has 1 aliphatic heterocycles. The first-order valence-corrected chi connectivity index (χ1v) is 17.4. The minimum absolute atomic E-state index is 0.00213. The van der Waals surface area contributed by atoms with Crippen LogP contribution < -0.4 is 11.1 Å². The normalized spacial score (nSPS) is 17.7. The van der Waals surface area contributed by atoms with Crippen molar-refractivity contribution >= 4 is 5.91 Å². The molecule has 0 spiro atoms. The molecule has 2 unspecified atom stereocenters. The second kappa shape index (κ2) is 28.6. The predicted octanol–water partition coefficient (Wildman–Crippen LogP) is 4.80. The van der Waals surface area contributed by atoms with Gasteiger partial charge in [0, 0.05) is 59.3 Å². The highest BCUT2D eigenvalue weighted by molar-refractivity contribution is 5.94. The summed E-state index contributed by atoms with van der Waals surface area (Å²) in [5, 5.41) is 2.90. The number of carbonyl (C=O) groups excluding carboxylic acids is 1. The van der Waals surface area contributed by atoms with Crippen LogP contribution in [0.1, 0.15) is 53.4 Å². The van der Waals surface area contributed by atoms with E-state index in [4.69, 9.17) is 15.2 Å². The van der Waals surface area contributed by atoms with Crippen LogP contribution in [-0.2, 0) is 14.3 Å². The van der Waals surface area contributed by atoms with Crippen LogP contribution in [0.5, 0.6) is 0 Å². The van der Waals surface area contributed by atoms with Crippen LogP contribution in [-0.4, -0.2) is 37.0 Å². The number of ether oxygens (including phenoxy) is 2. The van der Waals surface area contributed by atoms with Crippen LogP contribution >= 0.6 is 0 Å². The molecule has 1 saturated heterocycles. The zero-order valence-corrected chi connectivity index (χ0v) is 32.0. The van der Waals surface area contributed by atoms with E-state index in [2.05, 4.69) is 194 Å². The highest BCUT2D eigenvalue weighted by atomic mass is 16.7. The molecule has 3 N–H and O–H groups in total. The molecule has 55 heavy (non-hydrogen) atoms. The third-order valence-electron chi connectivity index (χ3n) is 7.51. The lowest BCUT2D eigenvalue weighted by molar-refractivity contribution is -0.235. The van der Waals surface area contributed by atoms with Crippen LogP contribution in [0.3, 0.4) is 0 Å². The first kappa shape index (κ1) is 46.1. The van der Waals surface area contributed by atoms with Crippen molar-refractivity contribution in [1.29, 1.82) is 0 Å². The Bertz CT molecular complexity index is 2200. The molecule has 0 aromatic carbocycles. The van der Waals surface area contributed by atoms with E-state index in [-0.39, 0.29) is 41.9 Å². The molecule has 0 aromatic heterocycles. The van der Waals surface area contributed by atoms with Crippen molar-refractivity contribution in [2.75, 3.05) is 6.61 Å². The molecule has 1 amide bonds. The highest BCUT2D eigenvalue weighted by Gasteiger charge is 2.42.